The van der Waals surface area contributed by atoms with Gasteiger partial charge in [-0.05, 0) is 31.2 Å². The zero-order valence-electron chi connectivity index (χ0n) is 7.16. The topological polar surface area (TPSA) is 26.0 Å². The van der Waals surface area contributed by atoms with Gasteiger partial charge in [-0.1, -0.05) is 31.2 Å². The number of hydrogen-bond donors (Lipinski definition) is 1. The Kier molecular flexibility index (Phi) is 3.37. The largest absolute Gasteiger partial charge is 0.330 e. The lowest BCUT2D eigenvalue weighted by molar-refractivity contribution is 0.454. The molecular weight excluding hydrogens is 134 g/mol. The fourth-order valence-electron chi connectivity index (χ4n) is 1.42. The fourth-order valence-corrected chi connectivity index (χ4v) is 1.42. The molecule has 0 aromatic rings. The lowest BCUT2D eigenvalue weighted by Gasteiger charge is -2.16. The van der Waals surface area contributed by atoms with E-state index in [0.717, 1.165) is 12.5 Å². The molecule has 0 aliphatic heterocycles. The molecule has 2 atom stereocenters. The van der Waals surface area contributed by atoms with E-state index in [2.05, 4.69) is 31.2 Å². The molecule has 0 saturated carbocycles. The van der Waals surface area contributed by atoms with E-state index in [1.807, 2.05) is 0 Å². The monoisotopic (exact) mass is 151 g/mol. The third-order valence-corrected chi connectivity index (χ3v) is 2.18. The average molecular weight is 151 g/mol. The van der Waals surface area contributed by atoms with Crippen molar-refractivity contribution in [3.63, 3.8) is 0 Å². The van der Waals surface area contributed by atoms with Crippen LogP contribution in [0.5, 0.6) is 0 Å². The third kappa shape index (κ3) is 2.89. The summed E-state index contributed by atoms with van der Waals surface area (Å²) in [5.41, 5.74) is 5.55. The molecule has 2 unspecified atom stereocenters. The van der Waals surface area contributed by atoms with Gasteiger partial charge >= 0.3 is 0 Å². The number of nitrogens with two attached hydrogens (primary N) is 1. The molecule has 1 aliphatic carbocycles. The summed E-state index contributed by atoms with van der Waals surface area (Å²) in [7, 11) is 0. The predicted octanol–water partition coefficient (Wildman–Crippen LogP) is 2.10. The van der Waals surface area contributed by atoms with E-state index < -0.39 is 0 Å². The van der Waals surface area contributed by atoms with Crippen molar-refractivity contribution in [1.82, 2.24) is 0 Å². The highest BCUT2D eigenvalue weighted by atomic mass is 14.5. The molecule has 0 saturated heterocycles. The molecule has 0 aromatic heterocycles. The van der Waals surface area contributed by atoms with Crippen molar-refractivity contribution in [1.29, 1.82) is 0 Å². The average Bonchev–Trinajstić information content (AvgIpc) is 2.06. The first-order valence-corrected chi connectivity index (χ1v) is 4.36. The van der Waals surface area contributed by atoms with Gasteiger partial charge in [0.25, 0.3) is 0 Å². The van der Waals surface area contributed by atoms with Crippen LogP contribution in [-0.4, -0.2) is 6.54 Å². The van der Waals surface area contributed by atoms with Gasteiger partial charge in [0.1, 0.15) is 0 Å². The van der Waals surface area contributed by atoms with Gasteiger partial charge in [-0.3, -0.25) is 0 Å². The van der Waals surface area contributed by atoms with E-state index >= 15 is 0 Å². The van der Waals surface area contributed by atoms with Crippen molar-refractivity contribution in [2.45, 2.75) is 19.8 Å². The molecule has 0 heterocycles. The van der Waals surface area contributed by atoms with Gasteiger partial charge < -0.3 is 5.73 Å². The molecule has 1 heteroatoms. The highest BCUT2D eigenvalue weighted by molar-refractivity contribution is 5.10. The summed E-state index contributed by atoms with van der Waals surface area (Å²) in [5.74, 6) is 1.40. The van der Waals surface area contributed by atoms with Gasteiger partial charge in [0.2, 0.25) is 0 Å². The van der Waals surface area contributed by atoms with Crippen LogP contribution in [0.2, 0.25) is 0 Å². The molecule has 0 radical (unpaired) electrons. The van der Waals surface area contributed by atoms with Crippen molar-refractivity contribution in [3.8, 4) is 0 Å². The zero-order valence-corrected chi connectivity index (χ0v) is 7.16. The van der Waals surface area contributed by atoms with Gasteiger partial charge in [0, 0.05) is 0 Å². The minimum atomic E-state index is 0.663. The maximum absolute atomic E-state index is 5.55. The van der Waals surface area contributed by atoms with Gasteiger partial charge in [0.15, 0.2) is 0 Å². The second-order valence-corrected chi connectivity index (χ2v) is 3.39. The van der Waals surface area contributed by atoms with Crippen LogP contribution in [0.15, 0.2) is 24.3 Å². The molecule has 0 fully saturated rings. The first-order chi connectivity index (χ1) is 5.33. The van der Waals surface area contributed by atoms with Crippen LogP contribution in [0.3, 0.4) is 0 Å². The Bertz CT molecular complexity index is 158. The molecule has 0 amide bonds. The first kappa shape index (κ1) is 8.54. The second kappa shape index (κ2) is 4.35. The minimum Gasteiger partial charge on any atom is -0.330 e. The number of rotatable bonds is 3. The molecule has 0 bridgehead atoms. The summed E-state index contributed by atoms with van der Waals surface area (Å²) >= 11 is 0. The number of hydrogen-bond acceptors (Lipinski definition) is 1. The fraction of sp³-hybridized carbons (Fsp3) is 0.600. The lowest BCUT2D eigenvalue weighted by Crippen LogP contribution is -2.14. The Morgan fingerprint density at radius 1 is 1.55 bits per heavy atom. The van der Waals surface area contributed by atoms with Crippen LogP contribution in [0.1, 0.15) is 19.8 Å². The van der Waals surface area contributed by atoms with Gasteiger partial charge in [-0.25, -0.2) is 0 Å². The van der Waals surface area contributed by atoms with E-state index in [-0.39, 0.29) is 0 Å². The Hall–Kier alpha value is -0.560. The Morgan fingerprint density at radius 2 is 2.36 bits per heavy atom. The van der Waals surface area contributed by atoms with Crippen molar-refractivity contribution in [2.24, 2.45) is 17.6 Å². The zero-order chi connectivity index (χ0) is 8.10. The lowest BCUT2D eigenvalue weighted by atomic mass is 9.91. The standard InChI is InChI=1S/C10H17N/c1-9(8-11)7-10-5-3-2-4-6-10/h2-5,9-10H,6-8,11H2,1H3. The molecule has 0 spiro atoms. The molecule has 2 N–H and O–H groups in total. The van der Waals surface area contributed by atoms with Crippen molar-refractivity contribution in [3.05, 3.63) is 24.3 Å². The molecule has 1 nitrogen and oxygen atoms in total. The SMILES string of the molecule is CC(CN)CC1C=CC=CC1. The summed E-state index contributed by atoms with van der Waals surface area (Å²) in [5, 5.41) is 0. The summed E-state index contributed by atoms with van der Waals surface area (Å²) < 4.78 is 0. The summed E-state index contributed by atoms with van der Waals surface area (Å²) in [6, 6.07) is 0. The molecule has 11 heavy (non-hydrogen) atoms. The van der Waals surface area contributed by atoms with Crippen LogP contribution in [0.25, 0.3) is 0 Å². The minimum absolute atomic E-state index is 0.663. The second-order valence-electron chi connectivity index (χ2n) is 3.39. The van der Waals surface area contributed by atoms with E-state index in [4.69, 9.17) is 5.73 Å². The van der Waals surface area contributed by atoms with Crippen molar-refractivity contribution in [2.75, 3.05) is 6.54 Å². The summed E-state index contributed by atoms with van der Waals surface area (Å²) in [6.07, 6.45) is 11.2. The van der Waals surface area contributed by atoms with Crippen molar-refractivity contribution >= 4 is 0 Å². The molecule has 0 aromatic carbocycles. The normalized spacial score (nSPS) is 25.5. The summed E-state index contributed by atoms with van der Waals surface area (Å²) in [6.45, 7) is 3.03. The Morgan fingerprint density at radius 3 is 2.91 bits per heavy atom. The van der Waals surface area contributed by atoms with Crippen LogP contribution >= 0.6 is 0 Å². The summed E-state index contributed by atoms with van der Waals surface area (Å²) in [4.78, 5) is 0. The van der Waals surface area contributed by atoms with Crippen LogP contribution in [-0.2, 0) is 0 Å². The van der Waals surface area contributed by atoms with E-state index in [1.54, 1.807) is 0 Å². The van der Waals surface area contributed by atoms with Crippen molar-refractivity contribution < 1.29 is 0 Å². The molecular formula is C10H17N. The maximum Gasteiger partial charge on any atom is -0.00513 e. The van der Waals surface area contributed by atoms with E-state index in [0.29, 0.717) is 5.92 Å². The van der Waals surface area contributed by atoms with Gasteiger partial charge in [-0.15, -0.1) is 0 Å². The Labute approximate surface area is 69.0 Å². The first-order valence-electron chi connectivity index (χ1n) is 4.36. The smallest absolute Gasteiger partial charge is 0.00513 e. The van der Waals surface area contributed by atoms with E-state index in [1.165, 1.54) is 12.8 Å². The molecule has 62 valence electrons. The molecule has 1 aliphatic rings. The third-order valence-electron chi connectivity index (χ3n) is 2.18. The highest BCUT2D eigenvalue weighted by Gasteiger charge is 2.08. The van der Waals surface area contributed by atoms with Crippen LogP contribution in [0.4, 0.5) is 0 Å². The van der Waals surface area contributed by atoms with Gasteiger partial charge in [-0.2, -0.15) is 0 Å². The highest BCUT2D eigenvalue weighted by Crippen LogP contribution is 2.19. The number of allylic oxidation sites excluding steroid dienone is 4. The Balaban J connectivity index is 2.27. The quantitative estimate of drug-likeness (QED) is 0.656. The van der Waals surface area contributed by atoms with E-state index in [9.17, 15) is 0 Å². The molecule has 1 rings (SSSR count). The van der Waals surface area contributed by atoms with Crippen LogP contribution in [0, 0.1) is 11.8 Å². The van der Waals surface area contributed by atoms with Gasteiger partial charge in [0.05, 0.1) is 0 Å². The predicted molar refractivity (Wildman–Crippen MR) is 49.2 cm³/mol. The maximum atomic E-state index is 5.55. The van der Waals surface area contributed by atoms with Crippen LogP contribution < -0.4 is 5.73 Å².